The second-order valence-corrected chi connectivity index (χ2v) is 7.60. The third kappa shape index (κ3) is 5.11. The molecule has 1 N–H and O–H groups in total. The second-order valence-electron chi connectivity index (χ2n) is 7.60. The molecule has 2 aromatic rings. The summed E-state index contributed by atoms with van der Waals surface area (Å²) in [6.07, 6.45) is 1.44. The van der Waals surface area contributed by atoms with E-state index in [0.717, 1.165) is 23.5 Å². The molecular weight excluding hydrogens is 408 g/mol. The summed E-state index contributed by atoms with van der Waals surface area (Å²) >= 11 is 0. The quantitative estimate of drug-likeness (QED) is 0.544. The molecule has 170 valence electrons. The Morgan fingerprint density at radius 3 is 2.22 bits per heavy atom. The zero-order valence-electron chi connectivity index (χ0n) is 18.8. The number of benzene rings is 2. The van der Waals surface area contributed by atoms with Gasteiger partial charge < -0.3 is 19.5 Å². The molecule has 1 aliphatic heterocycles. The van der Waals surface area contributed by atoms with Crippen molar-refractivity contribution in [3.8, 4) is 11.5 Å². The number of imide groups is 1. The van der Waals surface area contributed by atoms with Gasteiger partial charge in [0.1, 0.15) is 17.2 Å². The molecule has 1 aliphatic rings. The summed E-state index contributed by atoms with van der Waals surface area (Å²) in [6, 6.07) is 14.8. The molecule has 32 heavy (non-hydrogen) atoms. The third-order valence-electron chi connectivity index (χ3n) is 5.36. The lowest BCUT2D eigenvalue weighted by Gasteiger charge is -2.20. The number of aliphatic hydroxyl groups is 1. The highest BCUT2D eigenvalue weighted by molar-refractivity contribution is 6.35. The Bertz CT molecular complexity index is 967. The van der Waals surface area contributed by atoms with Crippen molar-refractivity contribution >= 4 is 17.4 Å². The van der Waals surface area contributed by atoms with E-state index in [4.69, 9.17) is 9.47 Å². The first-order valence-corrected chi connectivity index (χ1v) is 10.8. The number of amides is 2. The van der Waals surface area contributed by atoms with Crippen LogP contribution in [0.2, 0.25) is 0 Å². The maximum absolute atomic E-state index is 13.3. The van der Waals surface area contributed by atoms with Crippen molar-refractivity contribution in [2.75, 3.05) is 40.5 Å². The lowest BCUT2D eigenvalue weighted by atomic mass is 10.0. The Morgan fingerprint density at radius 1 is 0.969 bits per heavy atom. The SMILES string of the molecule is CCCOc1ccc(C2=C(N(C)CCO)C(=O)N(CCc3ccc(OC)cc3)C2=O)cc1. The number of carbonyl (C=O) groups excluding carboxylic acids is 2. The van der Waals surface area contributed by atoms with Crippen LogP contribution in [-0.2, 0) is 16.0 Å². The van der Waals surface area contributed by atoms with Gasteiger partial charge in [-0.25, -0.2) is 0 Å². The van der Waals surface area contributed by atoms with Crippen molar-refractivity contribution in [2.45, 2.75) is 19.8 Å². The van der Waals surface area contributed by atoms with Crippen LogP contribution in [0.15, 0.2) is 54.2 Å². The molecule has 0 fully saturated rings. The first kappa shape index (κ1) is 23.3. The summed E-state index contributed by atoms with van der Waals surface area (Å²) in [7, 11) is 3.32. The summed E-state index contributed by atoms with van der Waals surface area (Å²) in [4.78, 5) is 29.5. The molecule has 0 atom stereocenters. The van der Waals surface area contributed by atoms with Crippen LogP contribution in [0, 0.1) is 0 Å². The predicted octanol–water partition coefficient (Wildman–Crippen LogP) is 2.73. The van der Waals surface area contributed by atoms with E-state index in [0.29, 0.717) is 29.9 Å². The molecule has 3 rings (SSSR count). The van der Waals surface area contributed by atoms with E-state index in [-0.39, 0.29) is 31.5 Å². The van der Waals surface area contributed by atoms with Gasteiger partial charge in [0.25, 0.3) is 11.8 Å². The van der Waals surface area contributed by atoms with Crippen molar-refractivity contribution in [1.29, 1.82) is 0 Å². The Morgan fingerprint density at radius 2 is 1.62 bits per heavy atom. The second kappa shape index (κ2) is 10.8. The van der Waals surface area contributed by atoms with E-state index >= 15 is 0 Å². The smallest absolute Gasteiger partial charge is 0.277 e. The molecule has 0 unspecified atom stereocenters. The lowest BCUT2D eigenvalue weighted by Crippen LogP contribution is -2.36. The average Bonchev–Trinajstić information content (AvgIpc) is 3.06. The normalized spacial score (nSPS) is 13.7. The van der Waals surface area contributed by atoms with Crippen LogP contribution in [0.1, 0.15) is 24.5 Å². The molecule has 0 aliphatic carbocycles. The highest BCUT2D eigenvalue weighted by Gasteiger charge is 2.40. The van der Waals surface area contributed by atoms with Crippen LogP contribution in [0.3, 0.4) is 0 Å². The molecule has 0 saturated carbocycles. The number of nitrogens with zero attached hydrogens (tertiary/aromatic N) is 2. The maximum Gasteiger partial charge on any atom is 0.277 e. The van der Waals surface area contributed by atoms with Crippen LogP contribution in [0.4, 0.5) is 0 Å². The lowest BCUT2D eigenvalue weighted by molar-refractivity contribution is -0.137. The van der Waals surface area contributed by atoms with Crippen LogP contribution in [-0.4, -0.2) is 67.2 Å². The van der Waals surface area contributed by atoms with Crippen LogP contribution < -0.4 is 9.47 Å². The zero-order chi connectivity index (χ0) is 23.1. The Kier molecular flexibility index (Phi) is 7.89. The highest BCUT2D eigenvalue weighted by atomic mass is 16.5. The Hall–Kier alpha value is -3.32. The molecule has 2 aromatic carbocycles. The largest absolute Gasteiger partial charge is 0.497 e. The van der Waals surface area contributed by atoms with Crippen molar-refractivity contribution in [1.82, 2.24) is 9.80 Å². The van der Waals surface area contributed by atoms with E-state index in [1.807, 2.05) is 31.2 Å². The minimum atomic E-state index is -0.347. The molecule has 0 spiro atoms. The van der Waals surface area contributed by atoms with Gasteiger partial charge in [-0.05, 0) is 48.2 Å². The minimum absolute atomic E-state index is 0.121. The van der Waals surface area contributed by atoms with Crippen molar-refractivity contribution < 1.29 is 24.2 Å². The number of hydrogen-bond donors (Lipinski definition) is 1. The van der Waals surface area contributed by atoms with E-state index in [1.54, 1.807) is 43.3 Å². The van der Waals surface area contributed by atoms with Gasteiger partial charge >= 0.3 is 0 Å². The number of hydrogen-bond acceptors (Lipinski definition) is 6. The topological polar surface area (TPSA) is 79.3 Å². The van der Waals surface area contributed by atoms with E-state index in [1.165, 1.54) is 4.90 Å². The molecule has 0 saturated heterocycles. The summed E-state index contributed by atoms with van der Waals surface area (Å²) in [5.41, 5.74) is 2.31. The fourth-order valence-corrected chi connectivity index (χ4v) is 3.61. The summed E-state index contributed by atoms with van der Waals surface area (Å²) in [5, 5.41) is 9.38. The molecule has 0 radical (unpaired) electrons. The summed E-state index contributed by atoms with van der Waals surface area (Å²) < 4.78 is 10.8. The van der Waals surface area contributed by atoms with Crippen molar-refractivity contribution in [2.24, 2.45) is 0 Å². The van der Waals surface area contributed by atoms with Gasteiger partial charge in [0, 0.05) is 20.1 Å². The summed E-state index contributed by atoms with van der Waals surface area (Å²) in [6.45, 7) is 3.04. The fraction of sp³-hybridized carbons (Fsp3) is 0.360. The third-order valence-corrected chi connectivity index (χ3v) is 5.36. The Balaban J connectivity index is 1.84. The standard InChI is InChI=1S/C25H30N2O5/c1-4-17-32-21-11-7-19(8-12-21)22-23(26(2)15-16-28)25(30)27(24(22)29)14-13-18-5-9-20(31-3)10-6-18/h5-12,28H,4,13-17H2,1-3H3. The van der Waals surface area contributed by atoms with Crippen molar-refractivity contribution in [3.63, 3.8) is 0 Å². The number of likely N-dealkylation sites (N-methyl/N-ethyl adjacent to an activating group) is 1. The van der Waals surface area contributed by atoms with Crippen LogP contribution >= 0.6 is 0 Å². The van der Waals surface area contributed by atoms with Gasteiger partial charge in [0.2, 0.25) is 0 Å². The monoisotopic (exact) mass is 438 g/mol. The minimum Gasteiger partial charge on any atom is -0.497 e. The first-order chi connectivity index (χ1) is 15.5. The molecule has 0 bridgehead atoms. The van der Waals surface area contributed by atoms with Gasteiger partial charge in [-0.15, -0.1) is 0 Å². The molecule has 7 heteroatoms. The maximum atomic E-state index is 13.3. The number of rotatable bonds is 11. The van der Waals surface area contributed by atoms with E-state index in [9.17, 15) is 14.7 Å². The first-order valence-electron chi connectivity index (χ1n) is 10.8. The molecule has 2 amide bonds. The number of methoxy groups -OCH3 is 1. The summed E-state index contributed by atoms with van der Waals surface area (Å²) in [5.74, 6) is 0.797. The average molecular weight is 439 g/mol. The number of ether oxygens (including phenoxy) is 2. The molecular formula is C25H30N2O5. The molecule has 0 aromatic heterocycles. The molecule has 7 nitrogen and oxygen atoms in total. The van der Waals surface area contributed by atoms with Gasteiger partial charge in [-0.2, -0.15) is 0 Å². The van der Waals surface area contributed by atoms with Gasteiger partial charge in [-0.3, -0.25) is 14.5 Å². The number of aliphatic hydroxyl groups excluding tert-OH is 1. The van der Waals surface area contributed by atoms with Gasteiger partial charge in [0.15, 0.2) is 0 Å². The fourth-order valence-electron chi connectivity index (χ4n) is 3.61. The molecule has 1 heterocycles. The number of carbonyl (C=O) groups is 2. The van der Waals surface area contributed by atoms with Crippen LogP contribution in [0.25, 0.3) is 5.57 Å². The van der Waals surface area contributed by atoms with E-state index < -0.39 is 0 Å². The van der Waals surface area contributed by atoms with E-state index in [2.05, 4.69) is 0 Å². The van der Waals surface area contributed by atoms with Crippen LogP contribution in [0.5, 0.6) is 11.5 Å². The van der Waals surface area contributed by atoms with Gasteiger partial charge in [-0.1, -0.05) is 31.2 Å². The van der Waals surface area contributed by atoms with Crippen molar-refractivity contribution in [3.05, 3.63) is 65.4 Å². The highest BCUT2D eigenvalue weighted by Crippen LogP contribution is 2.32. The Labute approximate surface area is 188 Å². The van der Waals surface area contributed by atoms with Gasteiger partial charge in [0.05, 0.1) is 25.9 Å². The predicted molar refractivity (Wildman–Crippen MR) is 122 cm³/mol. The zero-order valence-corrected chi connectivity index (χ0v) is 18.8.